The normalized spacial score (nSPS) is 10.5. The van der Waals surface area contributed by atoms with Crippen LogP contribution in [0.2, 0.25) is 0 Å². The number of benzene rings is 1. The predicted molar refractivity (Wildman–Crippen MR) is 55.9 cm³/mol. The highest BCUT2D eigenvalue weighted by molar-refractivity contribution is 9.10. The van der Waals surface area contributed by atoms with Crippen molar-refractivity contribution < 1.29 is 18.7 Å². The van der Waals surface area contributed by atoms with Crippen molar-refractivity contribution in [2.45, 2.75) is 0 Å². The van der Waals surface area contributed by atoms with Crippen LogP contribution in [0.3, 0.4) is 0 Å². The van der Waals surface area contributed by atoms with Crippen molar-refractivity contribution in [3.05, 3.63) is 40.1 Å². The molecule has 0 unspecified atom stereocenters. The summed E-state index contributed by atoms with van der Waals surface area (Å²) in [5.74, 6) is -2.73. The Labute approximate surface area is 102 Å². The van der Waals surface area contributed by atoms with Crippen LogP contribution in [0.5, 0.6) is 0 Å². The molecule has 0 bridgehead atoms. The van der Waals surface area contributed by atoms with E-state index in [0.29, 0.717) is 0 Å². The van der Waals surface area contributed by atoms with E-state index in [1.54, 1.807) is 0 Å². The van der Waals surface area contributed by atoms with Crippen molar-refractivity contribution in [1.29, 1.82) is 0 Å². The zero-order valence-corrected chi connectivity index (χ0v) is 9.65. The number of nitrogens with zero attached hydrogens (tertiary/aromatic N) is 3. The van der Waals surface area contributed by atoms with Crippen LogP contribution in [0.15, 0.2) is 22.8 Å². The van der Waals surface area contributed by atoms with Gasteiger partial charge in [-0.3, -0.25) is 0 Å². The number of carboxylic acids is 1. The van der Waals surface area contributed by atoms with Crippen LogP contribution in [0.25, 0.3) is 5.69 Å². The number of aromatic carboxylic acids is 1. The van der Waals surface area contributed by atoms with E-state index < -0.39 is 17.6 Å². The molecule has 0 saturated heterocycles. The minimum Gasteiger partial charge on any atom is -0.476 e. The largest absolute Gasteiger partial charge is 0.476 e. The second-order valence-corrected chi connectivity index (χ2v) is 3.93. The van der Waals surface area contributed by atoms with Crippen molar-refractivity contribution in [3.63, 3.8) is 0 Å². The monoisotopic (exact) mass is 303 g/mol. The van der Waals surface area contributed by atoms with E-state index in [2.05, 4.69) is 26.2 Å². The molecule has 0 aliphatic heterocycles. The first kappa shape index (κ1) is 11.6. The Morgan fingerprint density at radius 3 is 2.65 bits per heavy atom. The van der Waals surface area contributed by atoms with Gasteiger partial charge in [0.15, 0.2) is 5.69 Å². The van der Waals surface area contributed by atoms with E-state index in [-0.39, 0.29) is 15.9 Å². The average Bonchev–Trinajstić information content (AvgIpc) is 2.72. The number of hydrogen-bond donors (Lipinski definition) is 1. The molecular weight excluding hydrogens is 300 g/mol. The molecule has 1 aromatic heterocycles. The van der Waals surface area contributed by atoms with Gasteiger partial charge in [-0.25, -0.2) is 18.3 Å². The maximum Gasteiger partial charge on any atom is 0.358 e. The van der Waals surface area contributed by atoms with Crippen LogP contribution in [0, 0.1) is 11.6 Å². The van der Waals surface area contributed by atoms with Gasteiger partial charge >= 0.3 is 5.97 Å². The van der Waals surface area contributed by atoms with Gasteiger partial charge in [-0.05, 0) is 22.0 Å². The molecular formula is C9H4BrF2N3O2. The van der Waals surface area contributed by atoms with Crippen molar-refractivity contribution in [1.82, 2.24) is 15.0 Å². The van der Waals surface area contributed by atoms with E-state index >= 15 is 0 Å². The minimum atomic E-state index is -1.30. The highest BCUT2D eigenvalue weighted by atomic mass is 79.9. The molecule has 1 aromatic carbocycles. The summed E-state index contributed by atoms with van der Waals surface area (Å²) in [6.45, 7) is 0. The quantitative estimate of drug-likeness (QED) is 0.862. The number of halogens is 3. The fraction of sp³-hybridized carbons (Fsp3) is 0. The van der Waals surface area contributed by atoms with Crippen LogP contribution in [0.1, 0.15) is 10.5 Å². The number of hydrogen-bond acceptors (Lipinski definition) is 3. The second-order valence-electron chi connectivity index (χ2n) is 3.07. The first-order chi connectivity index (χ1) is 7.99. The Morgan fingerprint density at radius 2 is 2.06 bits per heavy atom. The molecule has 2 rings (SSSR count). The highest BCUT2D eigenvalue weighted by Gasteiger charge is 2.14. The van der Waals surface area contributed by atoms with Gasteiger partial charge in [0, 0.05) is 6.07 Å². The standard InChI is InChI=1S/C9H4BrF2N3O2/c10-4-1-6(12)8(2-5(4)11)15-3-7(9(16)17)13-14-15/h1-3H,(H,16,17). The summed E-state index contributed by atoms with van der Waals surface area (Å²) >= 11 is 2.83. The molecule has 0 radical (unpaired) electrons. The van der Waals surface area contributed by atoms with Crippen molar-refractivity contribution in [3.8, 4) is 5.69 Å². The van der Waals surface area contributed by atoms with Gasteiger partial charge in [0.1, 0.15) is 17.3 Å². The highest BCUT2D eigenvalue weighted by Crippen LogP contribution is 2.22. The van der Waals surface area contributed by atoms with E-state index in [0.717, 1.165) is 23.0 Å². The molecule has 0 atom stereocenters. The van der Waals surface area contributed by atoms with Crippen molar-refractivity contribution in [2.75, 3.05) is 0 Å². The van der Waals surface area contributed by atoms with Gasteiger partial charge in [0.2, 0.25) is 0 Å². The Balaban J connectivity index is 2.52. The lowest BCUT2D eigenvalue weighted by Crippen LogP contribution is -2.00. The lowest BCUT2D eigenvalue weighted by molar-refractivity contribution is 0.0690. The fourth-order valence-corrected chi connectivity index (χ4v) is 1.48. The van der Waals surface area contributed by atoms with E-state index in [1.165, 1.54) is 0 Å². The Kier molecular flexibility index (Phi) is 2.88. The maximum atomic E-state index is 13.5. The third-order valence-electron chi connectivity index (χ3n) is 1.95. The summed E-state index contributed by atoms with van der Waals surface area (Å²) in [6.07, 6.45) is 0.994. The van der Waals surface area contributed by atoms with Gasteiger partial charge in [0.05, 0.1) is 10.7 Å². The first-order valence-electron chi connectivity index (χ1n) is 4.29. The minimum absolute atomic E-state index is 0.0303. The maximum absolute atomic E-state index is 13.5. The Bertz CT molecular complexity index is 600. The number of carbonyl (C=O) groups is 1. The Hall–Kier alpha value is -1.83. The molecule has 17 heavy (non-hydrogen) atoms. The summed E-state index contributed by atoms with van der Waals surface area (Å²) < 4.78 is 27.5. The van der Waals surface area contributed by atoms with E-state index in [4.69, 9.17) is 5.11 Å². The van der Waals surface area contributed by atoms with Crippen LogP contribution >= 0.6 is 15.9 Å². The van der Waals surface area contributed by atoms with E-state index in [9.17, 15) is 13.6 Å². The molecule has 1 heterocycles. The zero-order chi connectivity index (χ0) is 12.6. The van der Waals surface area contributed by atoms with Crippen molar-refractivity contribution >= 4 is 21.9 Å². The summed E-state index contributed by atoms with van der Waals surface area (Å²) in [4.78, 5) is 10.6. The fourth-order valence-electron chi connectivity index (χ4n) is 1.17. The molecule has 8 heteroatoms. The van der Waals surface area contributed by atoms with Crippen LogP contribution < -0.4 is 0 Å². The molecule has 0 spiro atoms. The molecule has 0 amide bonds. The summed E-state index contributed by atoms with van der Waals surface area (Å²) in [5, 5.41) is 15.3. The van der Waals surface area contributed by atoms with Crippen LogP contribution in [0.4, 0.5) is 8.78 Å². The first-order valence-corrected chi connectivity index (χ1v) is 5.09. The smallest absolute Gasteiger partial charge is 0.358 e. The van der Waals surface area contributed by atoms with Gasteiger partial charge in [-0.2, -0.15) is 0 Å². The van der Waals surface area contributed by atoms with Crippen LogP contribution in [-0.2, 0) is 0 Å². The lowest BCUT2D eigenvalue weighted by atomic mass is 10.3. The SMILES string of the molecule is O=C(O)c1cn(-c2cc(F)c(Br)cc2F)nn1. The molecule has 0 aliphatic rings. The number of aromatic nitrogens is 3. The van der Waals surface area contributed by atoms with E-state index in [1.807, 2.05) is 0 Å². The lowest BCUT2D eigenvalue weighted by Gasteiger charge is -2.03. The average molecular weight is 304 g/mol. The van der Waals surface area contributed by atoms with Gasteiger partial charge in [-0.15, -0.1) is 5.10 Å². The zero-order valence-electron chi connectivity index (χ0n) is 8.06. The third kappa shape index (κ3) is 2.16. The Morgan fingerprint density at radius 1 is 1.35 bits per heavy atom. The summed E-state index contributed by atoms with van der Waals surface area (Å²) in [5.41, 5.74) is -0.571. The van der Waals surface area contributed by atoms with Gasteiger partial charge in [-0.1, -0.05) is 5.21 Å². The van der Waals surface area contributed by atoms with Crippen LogP contribution in [-0.4, -0.2) is 26.1 Å². The molecule has 5 nitrogen and oxygen atoms in total. The topological polar surface area (TPSA) is 68.0 Å². The molecule has 0 saturated carbocycles. The third-order valence-corrected chi connectivity index (χ3v) is 2.56. The van der Waals surface area contributed by atoms with Crippen molar-refractivity contribution in [2.24, 2.45) is 0 Å². The second kappa shape index (κ2) is 4.21. The summed E-state index contributed by atoms with van der Waals surface area (Å²) in [7, 11) is 0. The number of rotatable bonds is 2. The molecule has 1 N–H and O–H groups in total. The molecule has 0 aliphatic carbocycles. The van der Waals surface area contributed by atoms with Gasteiger partial charge in [0.25, 0.3) is 0 Å². The molecule has 0 fully saturated rings. The number of carboxylic acid groups (broad SMARTS) is 1. The molecule has 2 aromatic rings. The predicted octanol–water partition coefficient (Wildman–Crippen LogP) is 2.01. The summed E-state index contributed by atoms with van der Waals surface area (Å²) in [6, 6.07) is 1.81. The van der Waals surface area contributed by atoms with Gasteiger partial charge < -0.3 is 5.11 Å². The molecule has 88 valence electrons.